The topological polar surface area (TPSA) is 98.2 Å². The molecule has 19 heavy (non-hydrogen) atoms. The van der Waals surface area contributed by atoms with E-state index in [1.165, 1.54) is 18.2 Å². The smallest absolute Gasteiger partial charge is 0.266 e. The zero-order valence-electron chi connectivity index (χ0n) is 9.65. The number of aromatic nitrogens is 1. The normalized spacial score (nSPS) is 11.5. The predicted octanol–water partition coefficient (Wildman–Crippen LogP) is 2.89. The number of rotatable bonds is 3. The Hall–Kier alpha value is -1.06. The lowest BCUT2D eigenvalue weighted by atomic mass is 10.3. The average molecular weight is 411 g/mol. The Kier molecular flexibility index (Phi) is 3.88. The van der Waals surface area contributed by atoms with E-state index in [0.29, 0.717) is 20.3 Å². The second-order valence-corrected chi connectivity index (χ2v) is 7.08. The minimum atomic E-state index is -3.81. The molecule has 6 nitrogen and oxygen atoms in total. The molecule has 1 aromatic heterocycles. The lowest BCUT2D eigenvalue weighted by molar-refractivity contribution is 0.430. The van der Waals surface area contributed by atoms with Gasteiger partial charge in [0.2, 0.25) is 5.88 Å². The van der Waals surface area contributed by atoms with Gasteiger partial charge in [-0.05, 0) is 50.9 Å². The van der Waals surface area contributed by atoms with Crippen molar-refractivity contribution in [1.29, 1.82) is 0 Å². The van der Waals surface area contributed by atoms with Crippen molar-refractivity contribution in [1.82, 2.24) is 5.16 Å². The SMILES string of the molecule is Cc1cc(NS(=O)(=O)c2c(Br)cc(N)cc2Br)on1. The van der Waals surface area contributed by atoms with Gasteiger partial charge in [0.1, 0.15) is 4.90 Å². The highest BCUT2D eigenvalue weighted by Gasteiger charge is 2.23. The summed E-state index contributed by atoms with van der Waals surface area (Å²) in [5.74, 6) is 0.0492. The van der Waals surface area contributed by atoms with E-state index in [2.05, 4.69) is 41.7 Å². The third-order valence-corrected chi connectivity index (χ3v) is 5.38. The van der Waals surface area contributed by atoms with Gasteiger partial charge in [0.25, 0.3) is 10.0 Å². The van der Waals surface area contributed by atoms with Crippen LogP contribution >= 0.6 is 31.9 Å². The van der Waals surface area contributed by atoms with E-state index in [0.717, 1.165) is 0 Å². The standard InChI is InChI=1S/C10H9Br2N3O3S/c1-5-2-9(18-14-5)15-19(16,17)10-7(11)3-6(13)4-8(10)12/h2-4,15H,13H2,1H3. The van der Waals surface area contributed by atoms with E-state index in [-0.39, 0.29) is 10.8 Å². The van der Waals surface area contributed by atoms with Crippen LogP contribution in [-0.4, -0.2) is 13.6 Å². The maximum absolute atomic E-state index is 12.3. The monoisotopic (exact) mass is 409 g/mol. The van der Waals surface area contributed by atoms with Gasteiger partial charge in [0.15, 0.2) is 0 Å². The van der Waals surface area contributed by atoms with E-state index in [4.69, 9.17) is 10.3 Å². The molecule has 0 aliphatic carbocycles. The molecule has 9 heteroatoms. The summed E-state index contributed by atoms with van der Waals surface area (Å²) in [5.41, 5.74) is 6.64. The highest BCUT2D eigenvalue weighted by molar-refractivity contribution is 9.11. The van der Waals surface area contributed by atoms with E-state index >= 15 is 0 Å². The Morgan fingerprint density at radius 2 is 1.84 bits per heavy atom. The van der Waals surface area contributed by atoms with Crippen LogP contribution in [-0.2, 0) is 10.0 Å². The molecule has 2 rings (SSSR count). The van der Waals surface area contributed by atoms with Crippen LogP contribution in [0.3, 0.4) is 0 Å². The van der Waals surface area contributed by atoms with Crippen molar-refractivity contribution >= 4 is 53.5 Å². The van der Waals surface area contributed by atoms with Crippen LogP contribution in [0.25, 0.3) is 0 Å². The number of sulfonamides is 1. The fourth-order valence-electron chi connectivity index (χ4n) is 1.43. The van der Waals surface area contributed by atoms with E-state index in [1.54, 1.807) is 6.92 Å². The van der Waals surface area contributed by atoms with Crippen LogP contribution in [0, 0.1) is 6.92 Å². The molecule has 102 valence electrons. The summed E-state index contributed by atoms with van der Waals surface area (Å²) < 4.78 is 32.4. The van der Waals surface area contributed by atoms with Crippen molar-refractivity contribution in [2.45, 2.75) is 11.8 Å². The lowest BCUT2D eigenvalue weighted by Gasteiger charge is -2.09. The lowest BCUT2D eigenvalue weighted by Crippen LogP contribution is -2.14. The number of nitrogens with two attached hydrogens (primary N) is 1. The number of aryl methyl sites for hydroxylation is 1. The first-order valence-electron chi connectivity index (χ1n) is 5.00. The molecule has 0 radical (unpaired) electrons. The molecule has 0 amide bonds. The van der Waals surface area contributed by atoms with Crippen LogP contribution in [0.4, 0.5) is 11.6 Å². The molecule has 0 saturated carbocycles. The van der Waals surface area contributed by atoms with Crippen molar-refractivity contribution in [3.63, 3.8) is 0 Å². The Morgan fingerprint density at radius 3 is 2.32 bits per heavy atom. The Labute approximate surface area is 126 Å². The average Bonchev–Trinajstić information content (AvgIpc) is 2.60. The largest absolute Gasteiger partial charge is 0.399 e. The summed E-state index contributed by atoms with van der Waals surface area (Å²) in [5, 5.41) is 3.61. The number of hydrogen-bond acceptors (Lipinski definition) is 5. The summed E-state index contributed by atoms with van der Waals surface area (Å²) >= 11 is 6.35. The van der Waals surface area contributed by atoms with Gasteiger partial charge in [-0.1, -0.05) is 5.16 Å². The van der Waals surface area contributed by atoms with Gasteiger partial charge in [0, 0.05) is 20.7 Å². The molecule has 0 aliphatic heterocycles. The zero-order chi connectivity index (χ0) is 14.2. The summed E-state index contributed by atoms with van der Waals surface area (Å²) in [6.07, 6.45) is 0. The molecule has 0 fully saturated rings. The van der Waals surface area contributed by atoms with E-state index in [9.17, 15) is 8.42 Å². The van der Waals surface area contributed by atoms with Crippen LogP contribution in [0.5, 0.6) is 0 Å². The van der Waals surface area contributed by atoms with Crippen LogP contribution in [0.15, 0.2) is 36.6 Å². The van der Waals surface area contributed by atoms with Gasteiger partial charge < -0.3 is 10.3 Å². The molecule has 0 unspecified atom stereocenters. The molecule has 0 aliphatic rings. The third-order valence-electron chi connectivity index (χ3n) is 2.15. The molecule has 2 aromatic rings. The van der Waals surface area contributed by atoms with E-state index < -0.39 is 10.0 Å². The first kappa shape index (κ1) is 14.4. The second-order valence-electron chi connectivity index (χ2n) is 3.75. The summed E-state index contributed by atoms with van der Waals surface area (Å²) in [4.78, 5) is 0.0377. The van der Waals surface area contributed by atoms with Crippen molar-refractivity contribution in [3.05, 3.63) is 32.8 Å². The quantitative estimate of drug-likeness (QED) is 0.758. The maximum atomic E-state index is 12.3. The molecule has 0 bridgehead atoms. The van der Waals surface area contributed by atoms with Gasteiger partial charge in [0.05, 0.1) is 5.69 Å². The summed E-state index contributed by atoms with van der Waals surface area (Å²) in [6, 6.07) is 4.49. The molecule has 0 spiro atoms. The molecule has 0 atom stereocenters. The fraction of sp³-hybridized carbons (Fsp3) is 0.100. The number of nitrogens with zero attached hydrogens (tertiary/aromatic N) is 1. The summed E-state index contributed by atoms with van der Waals surface area (Å²) in [6.45, 7) is 1.69. The number of anilines is 2. The number of hydrogen-bond donors (Lipinski definition) is 2. The van der Waals surface area contributed by atoms with Crippen molar-refractivity contribution in [3.8, 4) is 0 Å². The molecule has 1 heterocycles. The highest BCUT2D eigenvalue weighted by Crippen LogP contribution is 2.33. The first-order valence-corrected chi connectivity index (χ1v) is 8.07. The van der Waals surface area contributed by atoms with Crippen LogP contribution in [0.2, 0.25) is 0 Å². The molecule has 0 saturated heterocycles. The molecular weight excluding hydrogens is 402 g/mol. The first-order chi connectivity index (χ1) is 8.79. The van der Waals surface area contributed by atoms with Crippen LogP contribution in [0.1, 0.15) is 5.69 Å². The Bertz CT molecular complexity index is 704. The van der Waals surface area contributed by atoms with Crippen molar-refractivity contribution < 1.29 is 12.9 Å². The fourth-order valence-corrected chi connectivity index (χ4v) is 5.03. The van der Waals surface area contributed by atoms with Gasteiger partial charge in [-0.25, -0.2) is 13.1 Å². The minimum Gasteiger partial charge on any atom is -0.399 e. The Balaban J connectivity index is 2.45. The van der Waals surface area contributed by atoms with Gasteiger partial charge in [-0.15, -0.1) is 0 Å². The second kappa shape index (κ2) is 5.14. The third kappa shape index (κ3) is 3.10. The molecule has 3 N–H and O–H groups in total. The Morgan fingerprint density at radius 1 is 1.26 bits per heavy atom. The van der Waals surface area contributed by atoms with Crippen molar-refractivity contribution in [2.24, 2.45) is 0 Å². The van der Waals surface area contributed by atoms with Crippen LogP contribution < -0.4 is 10.5 Å². The number of benzene rings is 1. The van der Waals surface area contributed by atoms with Gasteiger partial charge >= 0.3 is 0 Å². The van der Waals surface area contributed by atoms with Gasteiger partial charge in [-0.3, -0.25) is 0 Å². The maximum Gasteiger partial charge on any atom is 0.266 e. The minimum absolute atomic E-state index is 0.0377. The zero-order valence-corrected chi connectivity index (χ0v) is 13.6. The molecular formula is C10H9Br2N3O3S. The number of halogens is 2. The molecule has 1 aromatic carbocycles. The number of nitrogens with one attached hydrogen (secondary N) is 1. The highest BCUT2D eigenvalue weighted by atomic mass is 79.9. The van der Waals surface area contributed by atoms with E-state index in [1.807, 2.05) is 0 Å². The van der Waals surface area contributed by atoms with Gasteiger partial charge in [-0.2, -0.15) is 0 Å². The predicted molar refractivity (Wildman–Crippen MR) is 78.3 cm³/mol. The summed E-state index contributed by atoms with van der Waals surface area (Å²) in [7, 11) is -3.81. The van der Waals surface area contributed by atoms with Crippen molar-refractivity contribution in [2.75, 3.05) is 10.5 Å². The number of nitrogen functional groups attached to an aromatic ring is 1.